The highest BCUT2D eigenvalue weighted by Gasteiger charge is 2.28. The van der Waals surface area contributed by atoms with Crippen molar-refractivity contribution in [3.63, 3.8) is 0 Å². The van der Waals surface area contributed by atoms with Crippen molar-refractivity contribution in [2.24, 2.45) is 17.6 Å². The van der Waals surface area contributed by atoms with Crippen LogP contribution in [-0.2, 0) is 9.53 Å². The second-order valence-electron chi connectivity index (χ2n) is 4.83. The summed E-state index contributed by atoms with van der Waals surface area (Å²) in [5.74, 6) is 0.892. The molecule has 1 saturated carbocycles. The van der Waals surface area contributed by atoms with E-state index in [-0.39, 0.29) is 12.1 Å². The maximum Gasteiger partial charge on any atom is 0.322 e. The number of nitrogens with two attached hydrogens (primary N) is 1. The van der Waals surface area contributed by atoms with Gasteiger partial charge >= 0.3 is 5.97 Å². The molecule has 88 valence electrons. The molecule has 15 heavy (non-hydrogen) atoms. The summed E-state index contributed by atoms with van der Waals surface area (Å²) in [5, 5.41) is 0. The fraction of sp³-hybridized carbons (Fsp3) is 0.917. The van der Waals surface area contributed by atoms with Gasteiger partial charge in [-0.15, -0.1) is 0 Å². The average Bonchev–Trinajstić information content (AvgIpc) is 2.68. The maximum absolute atomic E-state index is 11.3. The van der Waals surface area contributed by atoms with Crippen LogP contribution in [0.15, 0.2) is 0 Å². The van der Waals surface area contributed by atoms with E-state index in [1.54, 1.807) is 6.92 Å². The smallest absolute Gasteiger partial charge is 0.322 e. The van der Waals surface area contributed by atoms with Crippen molar-refractivity contribution in [1.29, 1.82) is 0 Å². The normalized spacial score (nSPS) is 23.5. The summed E-state index contributed by atoms with van der Waals surface area (Å²) in [4.78, 5) is 11.3. The topological polar surface area (TPSA) is 52.3 Å². The Morgan fingerprint density at radius 1 is 1.27 bits per heavy atom. The van der Waals surface area contributed by atoms with Crippen molar-refractivity contribution in [2.75, 3.05) is 0 Å². The van der Waals surface area contributed by atoms with Gasteiger partial charge in [-0.05, 0) is 25.7 Å². The molecule has 0 amide bonds. The molecule has 1 rings (SSSR count). The van der Waals surface area contributed by atoms with Gasteiger partial charge in [-0.3, -0.25) is 4.79 Å². The number of hydrogen-bond donors (Lipinski definition) is 1. The highest BCUT2D eigenvalue weighted by molar-refractivity contribution is 5.75. The minimum atomic E-state index is -0.511. The molecule has 3 heteroatoms. The number of carbonyl (C=O) groups excluding carboxylic acids is 1. The molecule has 0 radical (unpaired) electrons. The molecule has 0 spiro atoms. The average molecular weight is 213 g/mol. The molecule has 3 nitrogen and oxygen atoms in total. The number of esters is 1. The van der Waals surface area contributed by atoms with Crippen LogP contribution in [0.4, 0.5) is 0 Å². The quantitative estimate of drug-likeness (QED) is 0.727. The third-order valence-electron chi connectivity index (χ3n) is 3.56. The first kappa shape index (κ1) is 12.5. The van der Waals surface area contributed by atoms with E-state index in [2.05, 4.69) is 6.92 Å². The van der Waals surface area contributed by atoms with Gasteiger partial charge in [0.15, 0.2) is 0 Å². The SMILES string of the molecule is C[C@H](N)C(=O)O[C@@H](C)[C@@H](C)C1CCCC1. The van der Waals surface area contributed by atoms with Crippen LogP contribution in [0, 0.1) is 11.8 Å². The molecule has 0 aliphatic heterocycles. The molecular weight excluding hydrogens is 190 g/mol. The van der Waals surface area contributed by atoms with Crippen molar-refractivity contribution >= 4 is 5.97 Å². The van der Waals surface area contributed by atoms with Crippen molar-refractivity contribution in [2.45, 2.75) is 58.6 Å². The summed E-state index contributed by atoms with van der Waals surface area (Å²) in [6.07, 6.45) is 5.20. The molecule has 3 atom stereocenters. The van der Waals surface area contributed by atoms with Gasteiger partial charge in [0.25, 0.3) is 0 Å². The molecule has 0 saturated heterocycles. The number of carbonyl (C=O) groups is 1. The molecule has 0 aromatic heterocycles. The maximum atomic E-state index is 11.3. The Morgan fingerprint density at radius 3 is 2.27 bits per heavy atom. The zero-order valence-corrected chi connectivity index (χ0v) is 10.0. The molecule has 0 heterocycles. The van der Waals surface area contributed by atoms with Crippen LogP contribution in [0.1, 0.15) is 46.5 Å². The van der Waals surface area contributed by atoms with Crippen LogP contribution in [0.3, 0.4) is 0 Å². The molecule has 0 unspecified atom stereocenters. The van der Waals surface area contributed by atoms with Crippen LogP contribution >= 0.6 is 0 Å². The van der Waals surface area contributed by atoms with Gasteiger partial charge < -0.3 is 10.5 Å². The lowest BCUT2D eigenvalue weighted by Gasteiger charge is -2.26. The standard InChI is InChI=1S/C12H23NO2/c1-8(11-6-4-5-7-11)10(3)15-12(14)9(2)13/h8-11H,4-7,13H2,1-3H3/t8-,9+,10+/m1/s1. The van der Waals surface area contributed by atoms with Gasteiger partial charge in [-0.1, -0.05) is 32.6 Å². The van der Waals surface area contributed by atoms with Crippen LogP contribution in [0.25, 0.3) is 0 Å². The first-order valence-electron chi connectivity index (χ1n) is 5.98. The summed E-state index contributed by atoms with van der Waals surface area (Å²) in [5.41, 5.74) is 5.46. The molecular formula is C12H23NO2. The lowest BCUT2D eigenvalue weighted by molar-refractivity contribution is -0.152. The summed E-state index contributed by atoms with van der Waals surface area (Å²) >= 11 is 0. The first-order valence-corrected chi connectivity index (χ1v) is 5.98. The molecule has 2 N–H and O–H groups in total. The van der Waals surface area contributed by atoms with Gasteiger partial charge in [-0.2, -0.15) is 0 Å². The van der Waals surface area contributed by atoms with E-state index in [9.17, 15) is 4.79 Å². The molecule has 1 aliphatic carbocycles. The van der Waals surface area contributed by atoms with Crippen molar-refractivity contribution < 1.29 is 9.53 Å². The minimum Gasteiger partial charge on any atom is -0.461 e. The summed E-state index contributed by atoms with van der Waals surface area (Å²) < 4.78 is 5.32. The van der Waals surface area contributed by atoms with E-state index in [1.807, 2.05) is 6.92 Å². The Labute approximate surface area is 92.4 Å². The Morgan fingerprint density at radius 2 is 1.80 bits per heavy atom. The predicted molar refractivity (Wildman–Crippen MR) is 60.3 cm³/mol. The van der Waals surface area contributed by atoms with E-state index < -0.39 is 6.04 Å². The van der Waals surface area contributed by atoms with Gasteiger partial charge in [0.2, 0.25) is 0 Å². The van der Waals surface area contributed by atoms with Crippen LogP contribution in [0.2, 0.25) is 0 Å². The fourth-order valence-corrected chi connectivity index (χ4v) is 2.26. The van der Waals surface area contributed by atoms with Gasteiger partial charge in [-0.25, -0.2) is 0 Å². The van der Waals surface area contributed by atoms with Gasteiger partial charge in [0.05, 0.1) is 0 Å². The van der Waals surface area contributed by atoms with Crippen LogP contribution in [0.5, 0.6) is 0 Å². The summed E-state index contributed by atoms with van der Waals surface area (Å²) in [7, 11) is 0. The van der Waals surface area contributed by atoms with Crippen molar-refractivity contribution in [1.82, 2.24) is 0 Å². The zero-order valence-electron chi connectivity index (χ0n) is 10.0. The van der Waals surface area contributed by atoms with Gasteiger partial charge in [0, 0.05) is 0 Å². The highest BCUT2D eigenvalue weighted by Crippen LogP contribution is 2.33. The van der Waals surface area contributed by atoms with Crippen molar-refractivity contribution in [3.8, 4) is 0 Å². The fourth-order valence-electron chi connectivity index (χ4n) is 2.26. The van der Waals surface area contributed by atoms with Crippen molar-refractivity contribution in [3.05, 3.63) is 0 Å². The molecule has 1 fully saturated rings. The monoisotopic (exact) mass is 213 g/mol. The Hall–Kier alpha value is -0.570. The lowest BCUT2D eigenvalue weighted by Crippen LogP contribution is -2.34. The summed E-state index contributed by atoms with van der Waals surface area (Å²) in [6, 6.07) is -0.511. The van der Waals surface area contributed by atoms with Crippen LogP contribution in [-0.4, -0.2) is 18.1 Å². The molecule has 0 aromatic rings. The second-order valence-corrected chi connectivity index (χ2v) is 4.83. The lowest BCUT2D eigenvalue weighted by atomic mass is 9.88. The Kier molecular flexibility index (Phi) is 4.58. The predicted octanol–water partition coefficient (Wildman–Crippen LogP) is 2.09. The number of hydrogen-bond acceptors (Lipinski definition) is 3. The minimum absolute atomic E-state index is 0.00778. The second kappa shape index (κ2) is 5.50. The van der Waals surface area contributed by atoms with Crippen LogP contribution < -0.4 is 5.73 Å². The van der Waals surface area contributed by atoms with E-state index in [0.29, 0.717) is 5.92 Å². The number of rotatable bonds is 4. The van der Waals surface area contributed by atoms with E-state index >= 15 is 0 Å². The third-order valence-corrected chi connectivity index (χ3v) is 3.56. The highest BCUT2D eigenvalue weighted by atomic mass is 16.5. The summed E-state index contributed by atoms with van der Waals surface area (Å²) in [6.45, 7) is 5.81. The Bertz CT molecular complexity index is 210. The third kappa shape index (κ3) is 3.49. The molecule has 0 bridgehead atoms. The Balaban J connectivity index is 2.38. The number of ether oxygens (including phenoxy) is 1. The largest absolute Gasteiger partial charge is 0.461 e. The van der Waals surface area contributed by atoms with Gasteiger partial charge in [0.1, 0.15) is 12.1 Å². The van der Waals surface area contributed by atoms with E-state index in [0.717, 1.165) is 5.92 Å². The molecule has 0 aromatic carbocycles. The molecule has 1 aliphatic rings. The first-order chi connectivity index (χ1) is 7.02. The van der Waals surface area contributed by atoms with E-state index in [1.165, 1.54) is 25.7 Å². The van der Waals surface area contributed by atoms with E-state index in [4.69, 9.17) is 10.5 Å². The zero-order chi connectivity index (χ0) is 11.4.